The van der Waals surface area contributed by atoms with E-state index >= 15 is 0 Å². The average Bonchev–Trinajstić information content (AvgIpc) is 3.23. The van der Waals surface area contributed by atoms with Crippen LogP contribution in [-0.4, -0.2) is 66.5 Å². The number of hydrogen-bond donors (Lipinski definition) is 0. The molecule has 0 amide bonds. The minimum absolute atomic E-state index is 1.10. The molecule has 4 nitrogen and oxygen atoms in total. The highest BCUT2D eigenvalue weighted by Crippen LogP contribution is 2.29. The molecule has 22 heavy (non-hydrogen) atoms. The van der Waals surface area contributed by atoms with E-state index in [0.29, 0.717) is 0 Å². The zero-order valence-corrected chi connectivity index (χ0v) is 13.9. The number of nitrogens with zero attached hydrogens (tertiary/aromatic N) is 4. The molecule has 118 valence electrons. The zero-order valence-electron chi connectivity index (χ0n) is 13.1. The Morgan fingerprint density at radius 2 is 1.55 bits per heavy atom. The normalized spacial score (nSPS) is 21.0. The van der Waals surface area contributed by atoms with Crippen molar-refractivity contribution in [2.75, 3.05) is 57.3 Å². The number of piperazine rings is 1. The van der Waals surface area contributed by atoms with Gasteiger partial charge in [-0.05, 0) is 49.6 Å². The summed E-state index contributed by atoms with van der Waals surface area (Å²) in [7, 11) is 0. The standard InChI is InChI=1S/C17H24N4S/c1-2-6-16-15(5-1)17(18-22-16)21-13-11-20(12-14-21)10-9-19-7-3-4-8-19/h1-2,5-6H,3-4,7-14H2. The second kappa shape index (κ2) is 6.52. The van der Waals surface area contributed by atoms with Crippen LogP contribution in [0.1, 0.15) is 12.8 Å². The highest BCUT2D eigenvalue weighted by atomic mass is 32.1. The van der Waals surface area contributed by atoms with Crippen molar-refractivity contribution in [2.45, 2.75) is 12.8 Å². The van der Waals surface area contributed by atoms with E-state index in [0.717, 1.165) is 13.1 Å². The summed E-state index contributed by atoms with van der Waals surface area (Å²) in [5.74, 6) is 1.19. The van der Waals surface area contributed by atoms with Gasteiger partial charge in [-0.25, -0.2) is 0 Å². The van der Waals surface area contributed by atoms with Crippen LogP contribution in [0.15, 0.2) is 24.3 Å². The summed E-state index contributed by atoms with van der Waals surface area (Å²) >= 11 is 1.62. The molecule has 2 aromatic rings. The van der Waals surface area contributed by atoms with Gasteiger partial charge >= 0.3 is 0 Å². The van der Waals surface area contributed by atoms with E-state index in [1.54, 1.807) is 11.5 Å². The molecule has 1 aromatic carbocycles. The topological polar surface area (TPSA) is 22.6 Å². The maximum absolute atomic E-state index is 4.69. The monoisotopic (exact) mass is 316 g/mol. The molecule has 0 spiro atoms. The van der Waals surface area contributed by atoms with Crippen molar-refractivity contribution >= 4 is 27.4 Å². The summed E-state index contributed by atoms with van der Waals surface area (Å²) in [5.41, 5.74) is 0. The highest BCUT2D eigenvalue weighted by Gasteiger charge is 2.21. The first kappa shape index (κ1) is 14.4. The van der Waals surface area contributed by atoms with Gasteiger partial charge in [-0.3, -0.25) is 4.90 Å². The number of anilines is 1. The van der Waals surface area contributed by atoms with Gasteiger partial charge in [0.05, 0.1) is 4.70 Å². The zero-order chi connectivity index (χ0) is 14.8. The largest absolute Gasteiger partial charge is 0.353 e. The van der Waals surface area contributed by atoms with Crippen LogP contribution in [0.2, 0.25) is 0 Å². The molecular formula is C17H24N4S. The van der Waals surface area contributed by atoms with Crippen LogP contribution in [-0.2, 0) is 0 Å². The molecule has 5 heteroatoms. The molecule has 0 aliphatic carbocycles. The maximum atomic E-state index is 4.69. The van der Waals surface area contributed by atoms with Crippen molar-refractivity contribution in [2.24, 2.45) is 0 Å². The third-order valence-corrected chi connectivity index (χ3v) is 5.78. The van der Waals surface area contributed by atoms with Gasteiger partial charge in [-0.15, -0.1) is 0 Å². The minimum Gasteiger partial charge on any atom is -0.353 e. The molecule has 0 bridgehead atoms. The molecule has 2 fully saturated rings. The molecule has 1 aromatic heterocycles. The smallest absolute Gasteiger partial charge is 0.150 e. The lowest BCUT2D eigenvalue weighted by Crippen LogP contribution is -2.48. The van der Waals surface area contributed by atoms with E-state index < -0.39 is 0 Å². The van der Waals surface area contributed by atoms with Crippen molar-refractivity contribution in [1.82, 2.24) is 14.2 Å². The lowest BCUT2D eigenvalue weighted by molar-refractivity contribution is 0.215. The van der Waals surface area contributed by atoms with Gasteiger partial charge in [0.25, 0.3) is 0 Å². The summed E-state index contributed by atoms with van der Waals surface area (Å²) in [5, 5.41) is 1.32. The minimum atomic E-state index is 1.10. The van der Waals surface area contributed by atoms with Crippen molar-refractivity contribution in [3.63, 3.8) is 0 Å². The third-order valence-electron chi connectivity index (χ3n) is 4.96. The number of fused-ring (bicyclic) bond motifs is 1. The number of likely N-dealkylation sites (tertiary alicyclic amines) is 1. The number of hydrogen-bond acceptors (Lipinski definition) is 5. The fourth-order valence-electron chi connectivity index (χ4n) is 3.57. The van der Waals surface area contributed by atoms with Gasteiger partial charge in [0.1, 0.15) is 5.82 Å². The van der Waals surface area contributed by atoms with Gasteiger partial charge in [-0.1, -0.05) is 12.1 Å². The Kier molecular flexibility index (Phi) is 4.28. The van der Waals surface area contributed by atoms with Crippen LogP contribution in [0.5, 0.6) is 0 Å². The molecule has 0 radical (unpaired) electrons. The van der Waals surface area contributed by atoms with Gasteiger partial charge in [0.2, 0.25) is 0 Å². The molecule has 3 heterocycles. The molecule has 2 aliphatic rings. The summed E-state index contributed by atoms with van der Waals surface area (Å²) in [6.07, 6.45) is 2.79. The Labute approximate surface area is 136 Å². The first-order chi connectivity index (χ1) is 10.9. The van der Waals surface area contributed by atoms with Crippen LogP contribution in [0.4, 0.5) is 5.82 Å². The number of aromatic nitrogens is 1. The predicted molar refractivity (Wildman–Crippen MR) is 93.9 cm³/mol. The van der Waals surface area contributed by atoms with Crippen LogP contribution < -0.4 is 4.90 Å². The van der Waals surface area contributed by atoms with E-state index in [-0.39, 0.29) is 0 Å². The van der Waals surface area contributed by atoms with E-state index in [1.165, 1.54) is 68.0 Å². The summed E-state index contributed by atoms with van der Waals surface area (Å²) in [4.78, 5) is 7.69. The molecule has 2 aliphatic heterocycles. The average molecular weight is 316 g/mol. The van der Waals surface area contributed by atoms with Gasteiger partial charge in [0.15, 0.2) is 0 Å². The summed E-state index contributed by atoms with van der Waals surface area (Å²) in [6.45, 7) is 9.64. The first-order valence-corrected chi connectivity index (χ1v) is 9.21. The highest BCUT2D eigenvalue weighted by molar-refractivity contribution is 7.13. The molecular weight excluding hydrogens is 292 g/mol. The van der Waals surface area contributed by atoms with E-state index in [4.69, 9.17) is 4.37 Å². The summed E-state index contributed by atoms with van der Waals surface area (Å²) < 4.78 is 5.99. The second-order valence-electron chi connectivity index (χ2n) is 6.38. The van der Waals surface area contributed by atoms with Crippen molar-refractivity contribution < 1.29 is 0 Å². The first-order valence-electron chi connectivity index (χ1n) is 8.44. The predicted octanol–water partition coefficient (Wildman–Crippen LogP) is 2.51. The molecule has 0 unspecified atom stereocenters. The quantitative estimate of drug-likeness (QED) is 0.864. The molecule has 0 saturated carbocycles. The summed E-state index contributed by atoms with van der Waals surface area (Å²) in [6, 6.07) is 8.59. The Balaban J connectivity index is 1.33. The van der Waals surface area contributed by atoms with Crippen molar-refractivity contribution in [3.8, 4) is 0 Å². The SMILES string of the molecule is c1ccc2c(N3CCN(CCN4CCCC4)CC3)nsc2c1. The second-order valence-corrected chi connectivity index (χ2v) is 7.18. The van der Waals surface area contributed by atoms with Gasteiger partial charge in [-0.2, -0.15) is 4.37 Å². The van der Waals surface area contributed by atoms with E-state index in [2.05, 4.69) is 39.0 Å². The molecule has 4 rings (SSSR count). The molecule has 0 atom stereocenters. The van der Waals surface area contributed by atoms with Crippen LogP contribution in [0.25, 0.3) is 10.1 Å². The molecule has 2 saturated heterocycles. The van der Waals surface area contributed by atoms with Crippen LogP contribution in [0, 0.1) is 0 Å². The lowest BCUT2D eigenvalue weighted by Gasteiger charge is -2.35. The van der Waals surface area contributed by atoms with E-state index in [1.807, 2.05) is 0 Å². The van der Waals surface area contributed by atoms with Crippen LogP contribution in [0.3, 0.4) is 0 Å². The lowest BCUT2D eigenvalue weighted by atomic mass is 10.2. The van der Waals surface area contributed by atoms with Gasteiger partial charge in [0, 0.05) is 44.7 Å². The number of rotatable bonds is 4. The van der Waals surface area contributed by atoms with Crippen molar-refractivity contribution in [1.29, 1.82) is 0 Å². The Morgan fingerprint density at radius 1 is 0.864 bits per heavy atom. The fraction of sp³-hybridized carbons (Fsp3) is 0.588. The molecule has 0 N–H and O–H groups in total. The Bertz CT molecular complexity index is 612. The van der Waals surface area contributed by atoms with Crippen molar-refractivity contribution in [3.05, 3.63) is 24.3 Å². The Morgan fingerprint density at radius 3 is 2.32 bits per heavy atom. The third kappa shape index (κ3) is 2.98. The van der Waals surface area contributed by atoms with Gasteiger partial charge < -0.3 is 9.80 Å². The fourth-order valence-corrected chi connectivity index (χ4v) is 4.37. The maximum Gasteiger partial charge on any atom is 0.150 e. The Hall–Kier alpha value is -1.17. The number of benzene rings is 1. The van der Waals surface area contributed by atoms with Crippen LogP contribution >= 0.6 is 11.5 Å². The van der Waals surface area contributed by atoms with E-state index in [9.17, 15) is 0 Å².